The summed E-state index contributed by atoms with van der Waals surface area (Å²) in [6.07, 6.45) is 0.984. The standard InChI is InChI=1S/C14H20BrClO/c1-11(2)10-17-8-7-13(9-16)12-3-5-14(15)6-4-12/h3-6,11,13H,7-10H2,1-2H3. The first kappa shape index (κ1) is 15.0. The smallest absolute Gasteiger partial charge is 0.0488 e. The molecule has 0 amide bonds. The Bertz CT molecular complexity index is 311. The molecule has 1 rings (SSSR count). The summed E-state index contributed by atoms with van der Waals surface area (Å²) in [7, 11) is 0. The lowest BCUT2D eigenvalue weighted by atomic mass is 9.98. The van der Waals surface area contributed by atoms with E-state index in [-0.39, 0.29) is 0 Å². The highest BCUT2D eigenvalue weighted by Crippen LogP contribution is 2.23. The molecular weight excluding hydrogens is 300 g/mol. The van der Waals surface area contributed by atoms with Gasteiger partial charge in [0, 0.05) is 23.6 Å². The number of hydrogen-bond acceptors (Lipinski definition) is 1. The van der Waals surface area contributed by atoms with Gasteiger partial charge in [-0.05, 0) is 36.0 Å². The zero-order chi connectivity index (χ0) is 12.7. The van der Waals surface area contributed by atoms with Crippen LogP contribution in [-0.2, 0) is 4.74 Å². The summed E-state index contributed by atoms with van der Waals surface area (Å²) < 4.78 is 6.71. The molecule has 0 aliphatic rings. The largest absolute Gasteiger partial charge is 0.381 e. The van der Waals surface area contributed by atoms with Crippen LogP contribution in [0.5, 0.6) is 0 Å². The van der Waals surface area contributed by atoms with Crippen molar-refractivity contribution in [1.82, 2.24) is 0 Å². The molecule has 0 saturated heterocycles. The van der Waals surface area contributed by atoms with Gasteiger partial charge in [-0.15, -0.1) is 11.6 Å². The van der Waals surface area contributed by atoms with Gasteiger partial charge in [0.25, 0.3) is 0 Å². The van der Waals surface area contributed by atoms with Crippen molar-refractivity contribution < 1.29 is 4.74 Å². The molecule has 0 heterocycles. The normalized spacial score (nSPS) is 13.0. The van der Waals surface area contributed by atoms with E-state index in [9.17, 15) is 0 Å². The van der Waals surface area contributed by atoms with Crippen LogP contribution in [0.1, 0.15) is 31.7 Å². The highest BCUT2D eigenvalue weighted by molar-refractivity contribution is 9.10. The Hall–Kier alpha value is -0.0500. The quantitative estimate of drug-likeness (QED) is 0.516. The molecule has 0 spiro atoms. The van der Waals surface area contributed by atoms with Crippen molar-refractivity contribution >= 4 is 27.5 Å². The Morgan fingerprint density at radius 2 is 1.88 bits per heavy atom. The molecule has 0 radical (unpaired) electrons. The Balaban J connectivity index is 2.40. The maximum atomic E-state index is 6.02. The molecular formula is C14H20BrClO. The molecule has 0 aliphatic heterocycles. The fourth-order valence-electron chi connectivity index (χ4n) is 1.61. The highest BCUT2D eigenvalue weighted by atomic mass is 79.9. The van der Waals surface area contributed by atoms with E-state index in [4.69, 9.17) is 16.3 Å². The third-order valence-electron chi connectivity index (χ3n) is 2.59. The molecule has 0 saturated carbocycles. The molecule has 0 fully saturated rings. The van der Waals surface area contributed by atoms with E-state index in [1.54, 1.807) is 0 Å². The van der Waals surface area contributed by atoms with Gasteiger partial charge in [0.2, 0.25) is 0 Å². The van der Waals surface area contributed by atoms with Gasteiger partial charge >= 0.3 is 0 Å². The topological polar surface area (TPSA) is 9.23 Å². The lowest BCUT2D eigenvalue weighted by Crippen LogP contribution is -2.08. The first-order chi connectivity index (χ1) is 8.13. The lowest BCUT2D eigenvalue weighted by Gasteiger charge is -2.15. The number of hydrogen-bond donors (Lipinski definition) is 0. The molecule has 1 atom stereocenters. The van der Waals surface area contributed by atoms with Crippen molar-refractivity contribution in [1.29, 1.82) is 0 Å². The zero-order valence-corrected chi connectivity index (χ0v) is 12.8. The minimum absolute atomic E-state index is 0.386. The maximum absolute atomic E-state index is 6.02. The first-order valence-corrected chi connectivity index (χ1v) is 7.35. The summed E-state index contributed by atoms with van der Waals surface area (Å²) in [5.74, 6) is 1.63. The third-order valence-corrected chi connectivity index (χ3v) is 3.49. The first-order valence-electron chi connectivity index (χ1n) is 6.02. The van der Waals surface area contributed by atoms with E-state index in [0.29, 0.717) is 17.7 Å². The van der Waals surface area contributed by atoms with Crippen LogP contribution in [0.15, 0.2) is 28.7 Å². The fourth-order valence-corrected chi connectivity index (χ4v) is 2.21. The van der Waals surface area contributed by atoms with Crippen LogP contribution in [0.2, 0.25) is 0 Å². The van der Waals surface area contributed by atoms with Gasteiger partial charge in [-0.3, -0.25) is 0 Å². The minimum atomic E-state index is 0.386. The summed E-state index contributed by atoms with van der Waals surface area (Å²) in [6.45, 7) is 5.93. The predicted octanol–water partition coefficient (Wildman–Crippen LogP) is 4.83. The summed E-state index contributed by atoms with van der Waals surface area (Å²) >= 11 is 9.45. The molecule has 96 valence electrons. The third kappa shape index (κ3) is 5.89. The monoisotopic (exact) mass is 318 g/mol. The summed E-state index contributed by atoms with van der Waals surface area (Å²) in [5.41, 5.74) is 1.29. The van der Waals surface area contributed by atoms with Crippen molar-refractivity contribution in [3.63, 3.8) is 0 Å². The summed E-state index contributed by atoms with van der Waals surface area (Å²) in [6, 6.07) is 8.37. The number of benzene rings is 1. The molecule has 0 bridgehead atoms. The van der Waals surface area contributed by atoms with Gasteiger partial charge in [-0.2, -0.15) is 0 Å². The number of rotatable bonds is 7. The van der Waals surface area contributed by atoms with Crippen LogP contribution in [0.25, 0.3) is 0 Å². The SMILES string of the molecule is CC(C)COCCC(CCl)c1ccc(Br)cc1. The van der Waals surface area contributed by atoms with Crippen molar-refractivity contribution in [2.24, 2.45) is 5.92 Å². The van der Waals surface area contributed by atoms with Gasteiger partial charge in [0.1, 0.15) is 0 Å². The van der Waals surface area contributed by atoms with Gasteiger partial charge in [-0.1, -0.05) is 41.9 Å². The van der Waals surface area contributed by atoms with Gasteiger partial charge in [-0.25, -0.2) is 0 Å². The van der Waals surface area contributed by atoms with Crippen LogP contribution < -0.4 is 0 Å². The molecule has 1 unspecified atom stereocenters. The van der Waals surface area contributed by atoms with E-state index < -0.39 is 0 Å². The second kappa shape index (κ2) is 8.12. The summed E-state index contributed by atoms with van der Waals surface area (Å²) in [4.78, 5) is 0. The Kier molecular flexibility index (Phi) is 7.17. The highest BCUT2D eigenvalue weighted by Gasteiger charge is 2.10. The van der Waals surface area contributed by atoms with Crippen LogP contribution in [0.3, 0.4) is 0 Å². The maximum Gasteiger partial charge on any atom is 0.0488 e. The Morgan fingerprint density at radius 3 is 2.41 bits per heavy atom. The van der Waals surface area contributed by atoms with Crippen LogP contribution in [0.4, 0.5) is 0 Å². The van der Waals surface area contributed by atoms with E-state index in [0.717, 1.165) is 24.1 Å². The lowest BCUT2D eigenvalue weighted by molar-refractivity contribution is 0.105. The molecule has 17 heavy (non-hydrogen) atoms. The molecule has 0 N–H and O–H groups in total. The molecule has 0 aliphatic carbocycles. The predicted molar refractivity (Wildman–Crippen MR) is 77.9 cm³/mol. The van der Waals surface area contributed by atoms with Crippen molar-refractivity contribution in [2.75, 3.05) is 19.1 Å². The molecule has 0 aromatic heterocycles. The second-order valence-electron chi connectivity index (χ2n) is 4.66. The number of ether oxygens (including phenoxy) is 1. The summed E-state index contributed by atoms with van der Waals surface area (Å²) in [5, 5.41) is 0. The number of halogens is 2. The molecule has 1 aromatic rings. The second-order valence-corrected chi connectivity index (χ2v) is 5.88. The number of alkyl halides is 1. The van der Waals surface area contributed by atoms with E-state index in [1.165, 1.54) is 5.56 Å². The Labute approximate surface area is 118 Å². The molecule has 1 nitrogen and oxygen atoms in total. The Morgan fingerprint density at radius 1 is 1.24 bits per heavy atom. The van der Waals surface area contributed by atoms with Crippen LogP contribution >= 0.6 is 27.5 Å². The zero-order valence-electron chi connectivity index (χ0n) is 10.5. The van der Waals surface area contributed by atoms with E-state index in [1.807, 2.05) is 0 Å². The average molecular weight is 320 g/mol. The van der Waals surface area contributed by atoms with E-state index in [2.05, 4.69) is 54.0 Å². The van der Waals surface area contributed by atoms with Crippen LogP contribution in [-0.4, -0.2) is 19.1 Å². The van der Waals surface area contributed by atoms with Crippen molar-refractivity contribution in [3.8, 4) is 0 Å². The van der Waals surface area contributed by atoms with Gasteiger partial charge in [0.15, 0.2) is 0 Å². The minimum Gasteiger partial charge on any atom is -0.381 e. The van der Waals surface area contributed by atoms with Gasteiger partial charge < -0.3 is 4.74 Å². The van der Waals surface area contributed by atoms with Crippen molar-refractivity contribution in [3.05, 3.63) is 34.3 Å². The van der Waals surface area contributed by atoms with E-state index >= 15 is 0 Å². The van der Waals surface area contributed by atoms with Crippen LogP contribution in [0, 0.1) is 5.92 Å². The molecule has 3 heteroatoms. The fraction of sp³-hybridized carbons (Fsp3) is 0.571. The molecule has 1 aromatic carbocycles. The van der Waals surface area contributed by atoms with Gasteiger partial charge in [0.05, 0.1) is 0 Å². The average Bonchev–Trinajstić information content (AvgIpc) is 2.30. The van der Waals surface area contributed by atoms with Crippen molar-refractivity contribution in [2.45, 2.75) is 26.2 Å².